The van der Waals surface area contributed by atoms with Gasteiger partial charge in [0.2, 0.25) is 10.0 Å². The van der Waals surface area contributed by atoms with Crippen LogP contribution in [-0.2, 0) is 21.4 Å². The van der Waals surface area contributed by atoms with Crippen LogP contribution in [-0.4, -0.2) is 48.6 Å². The number of carbonyl (C=O) groups excluding carboxylic acids is 2. The predicted octanol–water partition coefficient (Wildman–Crippen LogP) is 3.81. The first-order chi connectivity index (χ1) is 16.8. The Morgan fingerprint density at radius 2 is 1.89 bits per heavy atom. The normalized spacial score (nSPS) is 18.2. The number of aromatic nitrogens is 1. The average molecular weight is 556 g/mol. The van der Waals surface area contributed by atoms with Gasteiger partial charge in [-0.2, -0.15) is 4.31 Å². The number of rotatable bonds is 7. The molecule has 0 saturated carbocycles. The molecule has 1 amide bonds. The maximum absolute atomic E-state index is 13.5. The number of amides is 1. The summed E-state index contributed by atoms with van der Waals surface area (Å²) in [6, 6.07) is 15.0. The fourth-order valence-electron chi connectivity index (χ4n) is 4.42. The molecule has 3 aromatic rings. The van der Waals surface area contributed by atoms with E-state index in [1.54, 1.807) is 30.6 Å². The minimum absolute atomic E-state index is 0.00355. The van der Waals surface area contributed by atoms with Crippen LogP contribution in [0.3, 0.4) is 0 Å². The van der Waals surface area contributed by atoms with Crippen LogP contribution in [0.1, 0.15) is 28.8 Å². The van der Waals surface area contributed by atoms with Crippen LogP contribution in [0.25, 0.3) is 0 Å². The fraction of sp³-hybridized carbons (Fsp3) is 0.240. The van der Waals surface area contributed by atoms with E-state index < -0.39 is 21.7 Å². The van der Waals surface area contributed by atoms with Crippen LogP contribution in [0.5, 0.6) is 5.75 Å². The Balaban J connectivity index is 1.38. The van der Waals surface area contributed by atoms with Gasteiger partial charge in [-0.1, -0.05) is 28.1 Å². The molecule has 180 valence electrons. The standard InChI is InChI=1S/C25H22BrN3O5S/c26-18-7-5-17(6-8-18)15-28-23-10-9-21(13-22(23)24(30)25(28)31)35(32,33)29-12-2-3-19(29)16-34-20-4-1-11-27-14-20/h1,4-11,13-14,19H,2-3,12,15-16H2/t19-/m0/s1. The van der Waals surface area contributed by atoms with Crippen molar-refractivity contribution in [2.24, 2.45) is 0 Å². The first-order valence-corrected chi connectivity index (χ1v) is 13.4. The Hall–Kier alpha value is -3.08. The van der Waals surface area contributed by atoms with Crippen molar-refractivity contribution in [3.8, 4) is 5.75 Å². The van der Waals surface area contributed by atoms with E-state index >= 15 is 0 Å². The van der Waals surface area contributed by atoms with Gasteiger partial charge < -0.3 is 9.64 Å². The Morgan fingerprint density at radius 3 is 2.63 bits per heavy atom. The maximum Gasteiger partial charge on any atom is 0.299 e. The molecule has 5 rings (SSSR count). The van der Waals surface area contributed by atoms with Crippen molar-refractivity contribution in [1.82, 2.24) is 9.29 Å². The van der Waals surface area contributed by atoms with E-state index in [1.165, 1.54) is 21.3 Å². The van der Waals surface area contributed by atoms with E-state index in [0.29, 0.717) is 30.8 Å². The van der Waals surface area contributed by atoms with Crippen LogP contribution < -0.4 is 9.64 Å². The third kappa shape index (κ3) is 4.61. The molecule has 10 heteroatoms. The predicted molar refractivity (Wildman–Crippen MR) is 133 cm³/mol. The number of ether oxygens (including phenoxy) is 1. The molecule has 0 radical (unpaired) electrons. The molecular formula is C25H22BrN3O5S. The zero-order chi connectivity index (χ0) is 24.6. The Labute approximate surface area is 211 Å². The summed E-state index contributed by atoms with van der Waals surface area (Å²) >= 11 is 3.38. The molecule has 8 nitrogen and oxygen atoms in total. The molecule has 0 spiro atoms. The summed E-state index contributed by atoms with van der Waals surface area (Å²) in [4.78, 5) is 30.8. The van der Waals surface area contributed by atoms with Crippen molar-refractivity contribution in [1.29, 1.82) is 0 Å². The second kappa shape index (κ2) is 9.52. The van der Waals surface area contributed by atoms with Gasteiger partial charge >= 0.3 is 0 Å². The third-order valence-electron chi connectivity index (χ3n) is 6.20. The molecule has 0 bridgehead atoms. The molecule has 0 N–H and O–H groups in total. The summed E-state index contributed by atoms with van der Waals surface area (Å²) in [5.74, 6) is -0.794. The molecule has 0 aliphatic carbocycles. The Kier molecular flexibility index (Phi) is 6.43. The minimum atomic E-state index is -3.89. The summed E-state index contributed by atoms with van der Waals surface area (Å²) in [5, 5.41) is 0. The molecule has 1 fully saturated rings. The number of sulfonamides is 1. The van der Waals surface area contributed by atoms with Gasteiger partial charge in [0, 0.05) is 17.2 Å². The Morgan fingerprint density at radius 1 is 1.09 bits per heavy atom. The topological polar surface area (TPSA) is 96.9 Å². The highest BCUT2D eigenvalue weighted by Crippen LogP contribution is 2.34. The second-order valence-electron chi connectivity index (χ2n) is 8.44. The van der Waals surface area contributed by atoms with Gasteiger partial charge in [0.1, 0.15) is 12.4 Å². The molecule has 2 aromatic carbocycles. The summed E-state index contributed by atoms with van der Waals surface area (Å²) in [6.07, 6.45) is 4.60. The number of benzene rings is 2. The number of nitrogens with zero attached hydrogens (tertiary/aromatic N) is 3. The van der Waals surface area contributed by atoms with Crippen molar-refractivity contribution >= 4 is 43.3 Å². The van der Waals surface area contributed by atoms with Gasteiger partial charge in [0.15, 0.2) is 0 Å². The van der Waals surface area contributed by atoms with Gasteiger partial charge in [-0.3, -0.25) is 14.6 Å². The van der Waals surface area contributed by atoms with E-state index in [1.807, 2.05) is 24.3 Å². The zero-order valence-electron chi connectivity index (χ0n) is 18.6. The van der Waals surface area contributed by atoms with Gasteiger partial charge in [-0.05, 0) is 60.9 Å². The van der Waals surface area contributed by atoms with E-state index in [4.69, 9.17) is 4.74 Å². The van der Waals surface area contributed by atoms with Crippen molar-refractivity contribution < 1.29 is 22.7 Å². The van der Waals surface area contributed by atoms with E-state index in [2.05, 4.69) is 20.9 Å². The average Bonchev–Trinajstić information content (AvgIpc) is 3.44. The number of halogens is 1. The highest BCUT2D eigenvalue weighted by atomic mass is 79.9. The molecule has 1 atom stereocenters. The lowest BCUT2D eigenvalue weighted by atomic mass is 10.1. The largest absolute Gasteiger partial charge is 0.490 e. The molecule has 35 heavy (non-hydrogen) atoms. The molecule has 0 unspecified atom stereocenters. The number of hydrogen-bond donors (Lipinski definition) is 0. The lowest BCUT2D eigenvalue weighted by Gasteiger charge is -2.24. The fourth-order valence-corrected chi connectivity index (χ4v) is 6.39. The summed E-state index contributed by atoms with van der Waals surface area (Å²) in [7, 11) is -3.89. The van der Waals surface area contributed by atoms with Gasteiger partial charge in [0.05, 0.1) is 34.9 Å². The van der Waals surface area contributed by atoms with E-state index in [0.717, 1.165) is 10.0 Å². The van der Waals surface area contributed by atoms with Crippen LogP contribution >= 0.6 is 15.9 Å². The highest BCUT2D eigenvalue weighted by Gasteiger charge is 2.40. The summed E-state index contributed by atoms with van der Waals surface area (Å²) in [6.45, 7) is 0.786. The number of carbonyl (C=O) groups is 2. The van der Waals surface area contributed by atoms with Crippen LogP contribution in [0, 0.1) is 0 Å². The van der Waals surface area contributed by atoms with Gasteiger partial charge in [-0.15, -0.1) is 0 Å². The van der Waals surface area contributed by atoms with Crippen molar-refractivity contribution in [3.05, 3.63) is 82.6 Å². The SMILES string of the molecule is O=C1C(=O)N(Cc2ccc(Br)cc2)c2ccc(S(=O)(=O)N3CCC[C@H]3COc3cccnc3)cc21. The molecule has 2 aliphatic rings. The molecule has 2 aliphatic heterocycles. The number of ketones is 1. The van der Waals surface area contributed by atoms with Crippen molar-refractivity contribution in [2.75, 3.05) is 18.1 Å². The van der Waals surface area contributed by atoms with Crippen LogP contribution in [0.15, 0.2) is 76.4 Å². The number of hydrogen-bond acceptors (Lipinski definition) is 6. The Bertz CT molecular complexity index is 1380. The lowest BCUT2D eigenvalue weighted by Crippen LogP contribution is -2.39. The van der Waals surface area contributed by atoms with Gasteiger partial charge in [-0.25, -0.2) is 8.42 Å². The molecule has 1 saturated heterocycles. The third-order valence-corrected chi connectivity index (χ3v) is 8.68. The first-order valence-electron chi connectivity index (χ1n) is 11.1. The minimum Gasteiger partial charge on any atom is -0.490 e. The number of Topliss-reactive ketones (excluding diaryl/α,β-unsaturated/α-hetero) is 1. The van der Waals surface area contributed by atoms with Crippen LogP contribution in [0.4, 0.5) is 5.69 Å². The van der Waals surface area contributed by atoms with E-state index in [9.17, 15) is 18.0 Å². The molecular weight excluding hydrogens is 534 g/mol. The number of anilines is 1. The maximum atomic E-state index is 13.5. The highest BCUT2D eigenvalue weighted by molar-refractivity contribution is 9.10. The second-order valence-corrected chi connectivity index (χ2v) is 11.2. The lowest BCUT2D eigenvalue weighted by molar-refractivity contribution is -0.114. The summed E-state index contributed by atoms with van der Waals surface area (Å²) in [5.41, 5.74) is 1.38. The van der Waals surface area contributed by atoms with E-state index in [-0.39, 0.29) is 29.7 Å². The van der Waals surface area contributed by atoms with Crippen molar-refractivity contribution in [2.45, 2.75) is 30.3 Å². The summed E-state index contributed by atoms with van der Waals surface area (Å²) < 4.78 is 35.1. The zero-order valence-corrected chi connectivity index (χ0v) is 21.0. The van der Waals surface area contributed by atoms with Gasteiger partial charge in [0.25, 0.3) is 11.7 Å². The monoisotopic (exact) mass is 555 g/mol. The first kappa shape index (κ1) is 23.7. The molecule has 3 heterocycles. The van der Waals surface area contributed by atoms with Crippen molar-refractivity contribution in [3.63, 3.8) is 0 Å². The smallest absolute Gasteiger partial charge is 0.299 e. The molecule has 1 aromatic heterocycles. The quantitative estimate of drug-likeness (QED) is 0.411. The number of fused-ring (bicyclic) bond motifs is 1. The number of pyridine rings is 1. The van der Waals surface area contributed by atoms with Crippen LogP contribution in [0.2, 0.25) is 0 Å².